The maximum atomic E-state index is 12.1. The van der Waals surface area contributed by atoms with E-state index in [9.17, 15) is 4.21 Å². The minimum absolute atomic E-state index is 0.330. The van der Waals surface area contributed by atoms with E-state index >= 15 is 0 Å². The van der Waals surface area contributed by atoms with Crippen molar-refractivity contribution in [1.82, 2.24) is 0 Å². The van der Waals surface area contributed by atoms with Crippen molar-refractivity contribution < 1.29 is 4.21 Å². The predicted molar refractivity (Wildman–Crippen MR) is 75.4 cm³/mol. The molecule has 0 saturated heterocycles. The van der Waals surface area contributed by atoms with Crippen molar-refractivity contribution >= 4 is 26.7 Å². The fraction of sp³-hybridized carbons (Fsp3) is 0.538. The maximum absolute atomic E-state index is 12.1. The van der Waals surface area contributed by atoms with E-state index in [-0.39, 0.29) is 0 Å². The lowest BCUT2D eigenvalue weighted by Crippen LogP contribution is -2.25. The van der Waals surface area contributed by atoms with Gasteiger partial charge in [0, 0.05) is 21.2 Å². The highest BCUT2D eigenvalue weighted by Crippen LogP contribution is 2.27. The van der Waals surface area contributed by atoms with Crippen molar-refractivity contribution in [3.63, 3.8) is 0 Å². The molecule has 1 saturated carbocycles. The van der Waals surface area contributed by atoms with Gasteiger partial charge in [0.2, 0.25) is 0 Å². The molecule has 3 atom stereocenters. The summed E-state index contributed by atoms with van der Waals surface area (Å²) in [5, 5.41) is 0. The van der Waals surface area contributed by atoms with Crippen LogP contribution in [0.15, 0.2) is 33.6 Å². The molecule has 2 nitrogen and oxygen atoms in total. The van der Waals surface area contributed by atoms with Gasteiger partial charge in [-0.15, -0.1) is 0 Å². The summed E-state index contributed by atoms with van der Waals surface area (Å²) in [7, 11) is -0.879. The predicted octanol–water partition coefficient (Wildman–Crippen LogP) is 3.07. The molecule has 0 radical (unpaired) electrons. The Balaban J connectivity index is 1.87. The number of rotatable bonds is 4. The van der Waals surface area contributed by atoms with Gasteiger partial charge in [-0.2, -0.15) is 0 Å². The maximum Gasteiger partial charge on any atom is 0.0529 e. The fourth-order valence-electron chi connectivity index (χ4n) is 2.39. The van der Waals surface area contributed by atoms with E-state index in [0.29, 0.717) is 12.0 Å². The summed E-state index contributed by atoms with van der Waals surface area (Å²) in [6.45, 7) is 0. The molecule has 1 fully saturated rings. The van der Waals surface area contributed by atoms with Crippen molar-refractivity contribution in [1.29, 1.82) is 0 Å². The lowest BCUT2D eigenvalue weighted by molar-refractivity contribution is 0.468. The van der Waals surface area contributed by atoms with Crippen LogP contribution >= 0.6 is 15.9 Å². The zero-order valence-electron chi connectivity index (χ0n) is 9.77. The van der Waals surface area contributed by atoms with Crippen molar-refractivity contribution in [3.8, 4) is 0 Å². The SMILES string of the molecule is NC1CCCC1CCS(=O)c1ccc(Br)cc1. The minimum atomic E-state index is -0.879. The van der Waals surface area contributed by atoms with Crippen LogP contribution in [0.1, 0.15) is 25.7 Å². The molecular weight excluding hydrogens is 298 g/mol. The highest BCUT2D eigenvalue weighted by Gasteiger charge is 2.24. The largest absolute Gasteiger partial charge is 0.327 e. The Morgan fingerprint density at radius 3 is 2.59 bits per heavy atom. The van der Waals surface area contributed by atoms with Gasteiger partial charge in [0.15, 0.2) is 0 Å². The first-order chi connectivity index (χ1) is 8.16. The number of nitrogens with two attached hydrogens (primary N) is 1. The Bertz CT molecular complexity index is 393. The zero-order chi connectivity index (χ0) is 12.3. The van der Waals surface area contributed by atoms with E-state index in [4.69, 9.17) is 5.73 Å². The van der Waals surface area contributed by atoms with Crippen LogP contribution in [0.4, 0.5) is 0 Å². The normalized spacial score (nSPS) is 26.0. The van der Waals surface area contributed by atoms with Gasteiger partial charge < -0.3 is 5.73 Å². The summed E-state index contributed by atoms with van der Waals surface area (Å²) in [5.74, 6) is 1.31. The van der Waals surface area contributed by atoms with Gasteiger partial charge >= 0.3 is 0 Å². The van der Waals surface area contributed by atoms with E-state index in [1.807, 2.05) is 24.3 Å². The molecule has 0 spiro atoms. The minimum Gasteiger partial charge on any atom is -0.327 e. The quantitative estimate of drug-likeness (QED) is 0.928. The van der Waals surface area contributed by atoms with Crippen LogP contribution < -0.4 is 5.73 Å². The first kappa shape index (κ1) is 13.2. The van der Waals surface area contributed by atoms with Gasteiger partial charge in [-0.3, -0.25) is 4.21 Å². The van der Waals surface area contributed by atoms with Gasteiger partial charge in [-0.25, -0.2) is 0 Å². The van der Waals surface area contributed by atoms with Crippen LogP contribution in [0.3, 0.4) is 0 Å². The van der Waals surface area contributed by atoms with Crippen LogP contribution in [-0.2, 0) is 10.8 Å². The van der Waals surface area contributed by atoms with Crippen molar-refractivity contribution in [2.45, 2.75) is 36.6 Å². The van der Waals surface area contributed by atoms with E-state index in [1.165, 1.54) is 12.8 Å². The Morgan fingerprint density at radius 2 is 2.00 bits per heavy atom. The molecule has 1 aromatic rings. The molecule has 0 bridgehead atoms. The molecule has 94 valence electrons. The van der Waals surface area contributed by atoms with Crippen molar-refractivity contribution in [3.05, 3.63) is 28.7 Å². The van der Waals surface area contributed by atoms with E-state index < -0.39 is 10.8 Å². The number of hydrogen-bond donors (Lipinski definition) is 1. The van der Waals surface area contributed by atoms with Crippen molar-refractivity contribution in [2.24, 2.45) is 11.7 Å². The lowest BCUT2D eigenvalue weighted by atomic mass is 10.0. The van der Waals surface area contributed by atoms with Crippen LogP contribution in [0.2, 0.25) is 0 Å². The standard InChI is InChI=1S/C13H18BrNOS/c14-11-4-6-12(7-5-11)17(16)9-8-10-2-1-3-13(10)15/h4-7,10,13H,1-3,8-9,15H2. The average molecular weight is 316 g/mol. The van der Waals surface area contributed by atoms with Gasteiger partial charge in [0.25, 0.3) is 0 Å². The van der Waals surface area contributed by atoms with Crippen LogP contribution in [0, 0.1) is 5.92 Å². The number of halogens is 1. The van der Waals surface area contributed by atoms with E-state index in [1.54, 1.807) is 0 Å². The van der Waals surface area contributed by atoms with Crippen LogP contribution in [0.25, 0.3) is 0 Å². The van der Waals surface area contributed by atoms with Gasteiger partial charge in [-0.1, -0.05) is 22.4 Å². The highest BCUT2D eigenvalue weighted by atomic mass is 79.9. The van der Waals surface area contributed by atoms with Crippen LogP contribution in [0.5, 0.6) is 0 Å². The third kappa shape index (κ3) is 3.63. The zero-order valence-corrected chi connectivity index (χ0v) is 12.2. The molecule has 0 aromatic heterocycles. The molecule has 0 amide bonds. The summed E-state index contributed by atoms with van der Waals surface area (Å²) in [4.78, 5) is 0.916. The number of hydrogen-bond acceptors (Lipinski definition) is 2. The van der Waals surface area contributed by atoms with Gasteiger partial charge in [0.1, 0.15) is 0 Å². The average Bonchev–Trinajstić information content (AvgIpc) is 2.73. The summed E-state index contributed by atoms with van der Waals surface area (Å²) in [6, 6.07) is 8.06. The fourth-order valence-corrected chi connectivity index (χ4v) is 3.84. The second kappa shape index (κ2) is 6.12. The smallest absolute Gasteiger partial charge is 0.0529 e. The summed E-state index contributed by atoms with van der Waals surface area (Å²) in [5.41, 5.74) is 6.02. The van der Waals surface area contributed by atoms with Crippen molar-refractivity contribution in [2.75, 3.05) is 5.75 Å². The molecule has 2 N–H and O–H groups in total. The second-order valence-corrected chi connectivity index (χ2v) is 7.13. The lowest BCUT2D eigenvalue weighted by Gasteiger charge is -2.14. The Hall–Kier alpha value is -0.190. The molecule has 2 rings (SSSR count). The molecule has 4 heteroatoms. The molecule has 0 heterocycles. The first-order valence-electron chi connectivity index (χ1n) is 6.06. The van der Waals surface area contributed by atoms with Gasteiger partial charge in [-0.05, 0) is 49.4 Å². The third-order valence-corrected chi connectivity index (χ3v) is 5.40. The Labute approximate surface area is 114 Å². The summed E-state index contributed by atoms with van der Waals surface area (Å²) < 4.78 is 13.1. The number of benzene rings is 1. The topological polar surface area (TPSA) is 43.1 Å². The first-order valence-corrected chi connectivity index (χ1v) is 8.17. The monoisotopic (exact) mass is 315 g/mol. The molecule has 0 aliphatic heterocycles. The van der Waals surface area contributed by atoms with Gasteiger partial charge in [0.05, 0.1) is 10.8 Å². The summed E-state index contributed by atoms with van der Waals surface area (Å²) in [6.07, 6.45) is 4.56. The molecule has 17 heavy (non-hydrogen) atoms. The summed E-state index contributed by atoms with van der Waals surface area (Å²) >= 11 is 3.38. The molecule has 3 unspecified atom stereocenters. The third-order valence-electron chi connectivity index (χ3n) is 3.47. The molecule has 1 aromatic carbocycles. The van der Waals surface area contributed by atoms with E-state index in [2.05, 4.69) is 15.9 Å². The second-order valence-electron chi connectivity index (χ2n) is 4.65. The highest BCUT2D eigenvalue weighted by molar-refractivity contribution is 9.10. The van der Waals surface area contributed by atoms with E-state index in [0.717, 1.165) is 28.0 Å². The Morgan fingerprint density at radius 1 is 1.29 bits per heavy atom. The molecule has 1 aliphatic carbocycles. The Kier molecular flexibility index (Phi) is 4.77. The molecular formula is C13H18BrNOS. The molecule has 1 aliphatic rings. The van der Waals surface area contributed by atoms with Crippen LogP contribution in [-0.4, -0.2) is 16.0 Å².